The largest absolute Gasteiger partial charge is 0.481 e. The molecular formula is C19H36O4. The normalized spacial score (nSPS) is 17.6. The van der Waals surface area contributed by atoms with Crippen LogP contribution in [-0.4, -0.2) is 22.2 Å². The second kappa shape index (κ2) is 8.16. The van der Waals surface area contributed by atoms with Gasteiger partial charge in [-0.1, -0.05) is 55.4 Å². The Morgan fingerprint density at radius 1 is 0.739 bits per heavy atom. The van der Waals surface area contributed by atoms with Gasteiger partial charge in [-0.2, -0.15) is 0 Å². The van der Waals surface area contributed by atoms with Gasteiger partial charge in [0.1, 0.15) is 0 Å². The van der Waals surface area contributed by atoms with Crippen molar-refractivity contribution in [3.8, 4) is 0 Å². The molecule has 23 heavy (non-hydrogen) atoms. The van der Waals surface area contributed by atoms with E-state index in [0.29, 0.717) is 25.2 Å². The van der Waals surface area contributed by atoms with Crippen molar-refractivity contribution in [2.24, 2.45) is 34.5 Å². The molecule has 136 valence electrons. The summed E-state index contributed by atoms with van der Waals surface area (Å²) in [6.45, 7) is 15.5. The summed E-state index contributed by atoms with van der Waals surface area (Å²) in [7, 11) is 0. The van der Waals surface area contributed by atoms with Gasteiger partial charge in [0, 0.05) is 0 Å². The van der Waals surface area contributed by atoms with Crippen molar-refractivity contribution >= 4 is 11.9 Å². The number of carbonyl (C=O) groups is 2. The van der Waals surface area contributed by atoms with Gasteiger partial charge in [0.05, 0.1) is 10.8 Å². The molecule has 0 aromatic carbocycles. The molecule has 2 unspecified atom stereocenters. The van der Waals surface area contributed by atoms with Gasteiger partial charge in [-0.3, -0.25) is 9.59 Å². The maximum absolute atomic E-state index is 12.4. The molecule has 0 bridgehead atoms. The fourth-order valence-electron chi connectivity index (χ4n) is 4.19. The average Bonchev–Trinajstić information content (AvgIpc) is 2.35. The van der Waals surface area contributed by atoms with Crippen LogP contribution in [0, 0.1) is 34.5 Å². The summed E-state index contributed by atoms with van der Waals surface area (Å²) in [5.41, 5.74) is -2.53. The zero-order valence-electron chi connectivity index (χ0n) is 16.1. The fraction of sp³-hybridized carbons (Fsp3) is 0.895. The Bertz CT molecular complexity index is 412. The quantitative estimate of drug-likeness (QED) is 0.596. The summed E-state index contributed by atoms with van der Waals surface area (Å²) < 4.78 is 0. The molecule has 0 aliphatic heterocycles. The highest BCUT2D eigenvalue weighted by Gasteiger charge is 2.63. The molecule has 0 aliphatic rings. The van der Waals surface area contributed by atoms with Crippen LogP contribution in [0.25, 0.3) is 0 Å². The molecule has 0 aliphatic carbocycles. The van der Waals surface area contributed by atoms with Crippen LogP contribution in [0.15, 0.2) is 0 Å². The van der Waals surface area contributed by atoms with E-state index in [1.165, 1.54) is 0 Å². The van der Waals surface area contributed by atoms with Gasteiger partial charge >= 0.3 is 11.9 Å². The first-order chi connectivity index (χ1) is 10.4. The van der Waals surface area contributed by atoms with Crippen molar-refractivity contribution < 1.29 is 19.8 Å². The number of rotatable bonds is 10. The monoisotopic (exact) mass is 328 g/mol. The van der Waals surface area contributed by atoms with E-state index in [9.17, 15) is 19.8 Å². The van der Waals surface area contributed by atoms with E-state index in [0.717, 1.165) is 0 Å². The molecule has 0 saturated carbocycles. The second-order valence-corrected chi connectivity index (χ2v) is 8.39. The number of carboxylic acids is 2. The lowest BCUT2D eigenvalue weighted by molar-refractivity contribution is -0.190. The SMILES string of the molecule is CC(C)CCC(C(=O)O)(C(C)C)C(CC(C)C)(C(=O)O)C(C)C. The minimum Gasteiger partial charge on any atom is -0.481 e. The van der Waals surface area contributed by atoms with E-state index in [2.05, 4.69) is 0 Å². The number of carboxylic acid groups (broad SMARTS) is 2. The second-order valence-electron chi connectivity index (χ2n) is 8.39. The first-order valence-electron chi connectivity index (χ1n) is 8.83. The molecule has 2 N–H and O–H groups in total. The molecule has 4 nitrogen and oxygen atoms in total. The first kappa shape index (κ1) is 21.9. The fourth-order valence-corrected chi connectivity index (χ4v) is 4.19. The van der Waals surface area contributed by atoms with Gasteiger partial charge in [0.25, 0.3) is 0 Å². The summed E-state index contributed by atoms with van der Waals surface area (Å²) in [4.78, 5) is 24.9. The lowest BCUT2D eigenvalue weighted by atomic mass is 9.49. The maximum Gasteiger partial charge on any atom is 0.311 e. The number of hydrogen-bond acceptors (Lipinski definition) is 2. The Labute approximate surface area is 141 Å². The van der Waals surface area contributed by atoms with Crippen LogP contribution in [0.1, 0.15) is 74.7 Å². The molecule has 0 heterocycles. The van der Waals surface area contributed by atoms with Gasteiger partial charge in [0.2, 0.25) is 0 Å². The van der Waals surface area contributed by atoms with Crippen LogP contribution in [-0.2, 0) is 9.59 Å². The lowest BCUT2D eigenvalue weighted by Crippen LogP contribution is -2.59. The number of hydrogen-bond donors (Lipinski definition) is 2. The molecule has 0 rings (SSSR count). The van der Waals surface area contributed by atoms with Crippen molar-refractivity contribution in [3.05, 3.63) is 0 Å². The Kier molecular flexibility index (Phi) is 7.79. The molecule has 0 saturated heterocycles. The summed E-state index contributed by atoms with van der Waals surface area (Å²) in [5.74, 6) is -2.00. The molecule has 2 atom stereocenters. The molecule has 0 aromatic rings. The standard InChI is InChI=1S/C19H36O4/c1-12(2)9-10-18(14(5)6,16(20)21)19(15(7)8,17(22)23)11-13(3)4/h12-15H,9-11H2,1-8H3,(H,20,21)(H,22,23). The smallest absolute Gasteiger partial charge is 0.311 e. The van der Waals surface area contributed by atoms with Gasteiger partial charge in [-0.15, -0.1) is 0 Å². The highest BCUT2D eigenvalue weighted by Crippen LogP contribution is 2.57. The molecule has 4 heteroatoms. The van der Waals surface area contributed by atoms with Gasteiger partial charge < -0.3 is 10.2 Å². The Morgan fingerprint density at radius 2 is 1.13 bits per heavy atom. The summed E-state index contributed by atoms with van der Waals surface area (Å²) in [6.07, 6.45) is 1.49. The van der Waals surface area contributed by atoms with Crippen molar-refractivity contribution in [2.45, 2.75) is 74.7 Å². The Balaban J connectivity index is 6.50. The molecule has 0 aromatic heterocycles. The minimum atomic E-state index is -1.27. The topological polar surface area (TPSA) is 74.6 Å². The van der Waals surface area contributed by atoms with E-state index in [-0.39, 0.29) is 17.8 Å². The first-order valence-corrected chi connectivity index (χ1v) is 8.83. The lowest BCUT2D eigenvalue weighted by Gasteiger charge is -2.51. The molecular weight excluding hydrogens is 292 g/mol. The van der Waals surface area contributed by atoms with Crippen molar-refractivity contribution in [2.75, 3.05) is 0 Å². The predicted octanol–water partition coefficient (Wildman–Crippen LogP) is 4.92. The summed E-state index contributed by atoms with van der Waals surface area (Å²) in [5, 5.41) is 20.4. The van der Waals surface area contributed by atoms with E-state index >= 15 is 0 Å². The third-order valence-corrected chi connectivity index (χ3v) is 5.38. The van der Waals surface area contributed by atoms with Crippen LogP contribution in [0.5, 0.6) is 0 Å². The zero-order valence-corrected chi connectivity index (χ0v) is 16.1. The van der Waals surface area contributed by atoms with E-state index in [1.807, 2.05) is 55.4 Å². The summed E-state index contributed by atoms with van der Waals surface area (Å²) >= 11 is 0. The van der Waals surface area contributed by atoms with Crippen LogP contribution in [0.4, 0.5) is 0 Å². The highest BCUT2D eigenvalue weighted by molar-refractivity contribution is 5.87. The van der Waals surface area contributed by atoms with Crippen LogP contribution in [0.3, 0.4) is 0 Å². The van der Waals surface area contributed by atoms with Crippen molar-refractivity contribution in [1.82, 2.24) is 0 Å². The third-order valence-electron chi connectivity index (χ3n) is 5.38. The average molecular weight is 328 g/mol. The molecule has 0 spiro atoms. The molecule has 0 fully saturated rings. The number of aliphatic carboxylic acids is 2. The summed E-state index contributed by atoms with van der Waals surface area (Å²) in [6, 6.07) is 0. The van der Waals surface area contributed by atoms with Gasteiger partial charge in [0.15, 0.2) is 0 Å². The molecule has 0 amide bonds. The van der Waals surface area contributed by atoms with Gasteiger partial charge in [-0.25, -0.2) is 0 Å². The maximum atomic E-state index is 12.4. The highest BCUT2D eigenvalue weighted by atomic mass is 16.4. The van der Waals surface area contributed by atoms with Crippen molar-refractivity contribution in [1.29, 1.82) is 0 Å². The minimum absolute atomic E-state index is 0.116. The van der Waals surface area contributed by atoms with Crippen molar-refractivity contribution in [3.63, 3.8) is 0 Å². The Morgan fingerprint density at radius 3 is 1.35 bits per heavy atom. The third kappa shape index (κ3) is 4.07. The van der Waals surface area contributed by atoms with Crippen LogP contribution >= 0.6 is 0 Å². The predicted molar refractivity (Wildman–Crippen MR) is 93.3 cm³/mol. The van der Waals surface area contributed by atoms with Crippen LogP contribution in [0.2, 0.25) is 0 Å². The van der Waals surface area contributed by atoms with E-state index in [4.69, 9.17) is 0 Å². The zero-order chi connectivity index (χ0) is 18.6. The van der Waals surface area contributed by atoms with E-state index < -0.39 is 22.8 Å². The van der Waals surface area contributed by atoms with Crippen LogP contribution < -0.4 is 0 Å². The Hall–Kier alpha value is -1.06. The molecule has 0 radical (unpaired) electrons. The van der Waals surface area contributed by atoms with E-state index in [1.54, 1.807) is 0 Å². The van der Waals surface area contributed by atoms with Gasteiger partial charge in [-0.05, 0) is 42.9 Å².